The van der Waals surface area contributed by atoms with E-state index < -0.39 is 0 Å². The molecule has 1 atom stereocenters. The van der Waals surface area contributed by atoms with Gasteiger partial charge in [0.25, 0.3) is 0 Å². The van der Waals surface area contributed by atoms with E-state index in [-0.39, 0.29) is 12.0 Å². The number of rotatable bonds is 7. The number of esters is 1. The predicted octanol–water partition coefficient (Wildman–Crippen LogP) is 3.36. The molecule has 0 radical (unpaired) electrons. The fraction of sp³-hybridized carbons (Fsp3) is 0.545. The number of hydrogen-bond donors (Lipinski definition) is 0. The Labute approximate surface area is 99.2 Å². The van der Waals surface area contributed by atoms with Crippen LogP contribution in [0.3, 0.4) is 0 Å². The molecule has 6 heteroatoms. The zero-order valence-electron chi connectivity index (χ0n) is 9.70. The molecule has 17 heavy (non-hydrogen) atoms. The number of carbonyl (C=O) groups excluding carboxylic acids is 1. The summed E-state index contributed by atoms with van der Waals surface area (Å²) in [7, 11) is 0. The van der Waals surface area contributed by atoms with Crippen LogP contribution in [0.4, 0.5) is 0 Å². The van der Waals surface area contributed by atoms with E-state index >= 15 is 0 Å². The number of nitrogens with zero attached hydrogens (tertiary/aromatic N) is 3. The first-order valence-corrected chi connectivity index (χ1v) is 5.51. The van der Waals surface area contributed by atoms with E-state index in [2.05, 4.69) is 10.0 Å². The molecular weight excluding hydrogens is 222 g/mol. The van der Waals surface area contributed by atoms with Crippen LogP contribution in [0.2, 0.25) is 0 Å². The Morgan fingerprint density at radius 3 is 3.12 bits per heavy atom. The molecular formula is C11H15N3O3. The highest BCUT2D eigenvalue weighted by Crippen LogP contribution is 2.24. The lowest BCUT2D eigenvalue weighted by Crippen LogP contribution is -2.04. The van der Waals surface area contributed by atoms with Crippen LogP contribution in [0, 0.1) is 0 Å². The molecule has 1 rings (SSSR count). The summed E-state index contributed by atoms with van der Waals surface area (Å²) < 4.78 is 9.98. The Kier molecular flexibility index (Phi) is 5.68. The number of azide groups is 1. The van der Waals surface area contributed by atoms with Gasteiger partial charge >= 0.3 is 5.97 Å². The van der Waals surface area contributed by atoms with Crippen molar-refractivity contribution < 1.29 is 13.9 Å². The van der Waals surface area contributed by atoms with Crippen molar-refractivity contribution in [3.05, 3.63) is 34.6 Å². The van der Waals surface area contributed by atoms with Crippen molar-refractivity contribution in [1.82, 2.24) is 0 Å². The summed E-state index contributed by atoms with van der Waals surface area (Å²) >= 11 is 0. The first-order valence-electron chi connectivity index (χ1n) is 5.51. The summed E-state index contributed by atoms with van der Waals surface area (Å²) in [5.74, 6) is 0.387. The van der Waals surface area contributed by atoms with Gasteiger partial charge in [-0.1, -0.05) is 5.11 Å². The second-order valence-corrected chi connectivity index (χ2v) is 3.43. The molecule has 92 valence electrons. The van der Waals surface area contributed by atoms with Crippen LogP contribution in [-0.4, -0.2) is 12.6 Å². The highest BCUT2D eigenvalue weighted by molar-refractivity contribution is 5.69. The molecule has 1 unspecified atom stereocenters. The van der Waals surface area contributed by atoms with Crippen LogP contribution < -0.4 is 0 Å². The fourth-order valence-electron chi connectivity index (χ4n) is 1.47. The Morgan fingerprint density at radius 2 is 2.53 bits per heavy atom. The maximum atomic E-state index is 11.1. The van der Waals surface area contributed by atoms with Crippen LogP contribution in [0.1, 0.15) is 38.0 Å². The number of hydrogen-bond acceptors (Lipinski definition) is 4. The summed E-state index contributed by atoms with van der Waals surface area (Å²) in [4.78, 5) is 13.9. The first-order chi connectivity index (χ1) is 8.27. The molecule has 0 aromatic carbocycles. The second-order valence-electron chi connectivity index (χ2n) is 3.43. The van der Waals surface area contributed by atoms with Gasteiger partial charge in [0.15, 0.2) is 0 Å². The van der Waals surface area contributed by atoms with Gasteiger partial charge in [-0.15, -0.1) is 0 Å². The topological polar surface area (TPSA) is 88.2 Å². The molecule has 0 spiro atoms. The lowest BCUT2D eigenvalue weighted by atomic mass is 10.1. The highest BCUT2D eigenvalue weighted by atomic mass is 16.5. The van der Waals surface area contributed by atoms with Crippen molar-refractivity contribution in [2.75, 3.05) is 6.61 Å². The highest BCUT2D eigenvalue weighted by Gasteiger charge is 2.13. The predicted molar refractivity (Wildman–Crippen MR) is 61.1 cm³/mol. The first kappa shape index (κ1) is 13.1. The summed E-state index contributed by atoms with van der Waals surface area (Å²) in [6.45, 7) is 2.15. The number of carbonyl (C=O) groups is 1. The van der Waals surface area contributed by atoms with Crippen LogP contribution in [0.25, 0.3) is 10.4 Å². The lowest BCUT2D eigenvalue weighted by Gasteiger charge is -2.07. The zero-order valence-corrected chi connectivity index (χ0v) is 9.70. The maximum Gasteiger partial charge on any atom is 0.305 e. The third-order valence-corrected chi connectivity index (χ3v) is 2.23. The minimum atomic E-state index is -0.357. The minimum absolute atomic E-state index is 0.230. The van der Waals surface area contributed by atoms with Gasteiger partial charge in [-0.05, 0) is 37.4 Å². The summed E-state index contributed by atoms with van der Waals surface area (Å²) in [6.07, 6.45) is 3.02. The molecule has 0 N–H and O–H groups in total. The third kappa shape index (κ3) is 4.61. The molecule has 1 heterocycles. The van der Waals surface area contributed by atoms with Crippen LogP contribution in [-0.2, 0) is 9.53 Å². The molecule has 0 fully saturated rings. The smallest absolute Gasteiger partial charge is 0.305 e. The molecule has 1 aromatic heterocycles. The molecule has 0 bridgehead atoms. The zero-order chi connectivity index (χ0) is 12.5. The van der Waals surface area contributed by atoms with Crippen LogP contribution in [0.5, 0.6) is 0 Å². The van der Waals surface area contributed by atoms with Gasteiger partial charge in [0.1, 0.15) is 5.76 Å². The number of ether oxygens (including phenoxy) is 1. The van der Waals surface area contributed by atoms with Gasteiger partial charge in [-0.25, -0.2) is 0 Å². The Balaban J connectivity index is 2.41. The van der Waals surface area contributed by atoms with E-state index in [1.807, 2.05) is 0 Å². The molecule has 0 amide bonds. The van der Waals surface area contributed by atoms with Crippen molar-refractivity contribution in [3.8, 4) is 0 Å². The molecule has 0 aliphatic rings. The molecule has 0 aliphatic carbocycles. The standard InChI is InChI=1S/C11H15N3O3/c1-2-16-11(15)7-3-5-9(13-14-12)10-6-4-8-17-10/h4,6,8-9H,2-3,5,7H2,1H3. The molecule has 0 aliphatic heterocycles. The molecule has 1 aromatic rings. The summed E-state index contributed by atoms with van der Waals surface area (Å²) in [5.41, 5.74) is 8.45. The van der Waals surface area contributed by atoms with Crippen molar-refractivity contribution in [1.29, 1.82) is 0 Å². The molecule has 0 saturated heterocycles. The molecule has 6 nitrogen and oxygen atoms in total. The fourth-order valence-corrected chi connectivity index (χ4v) is 1.47. The molecule has 0 saturated carbocycles. The van der Waals surface area contributed by atoms with Gasteiger partial charge in [0.2, 0.25) is 0 Å². The maximum absolute atomic E-state index is 11.1. The van der Waals surface area contributed by atoms with Crippen molar-refractivity contribution in [3.63, 3.8) is 0 Å². The monoisotopic (exact) mass is 237 g/mol. The average Bonchev–Trinajstić information content (AvgIpc) is 2.81. The van der Waals surface area contributed by atoms with E-state index in [1.165, 1.54) is 6.26 Å². The normalized spacial score (nSPS) is 11.6. The summed E-state index contributed by atoms with van der Waals surface area (Å²) in [5, 5.41) is 3.64. The third-order valence-electron chi connectivity index (χ3n) is 2.23. The van der Waals surface area contributed by atoms with E-state index in [1.54, 1.807) is 19.1 Å². The SMILES string of the molecule is CCOC(=O)CCCC(N=[N+]=[N-])c1ccco1. The van der Waals surface area contributed by atoms with Gasteiger partial charge in [0, 0.05) is 11.3 Å². The van der Waals surface area contributed by atoms with E-state index in [0.717, 1.165) is 0 Å². The Morgan fingerprint density at radius 1 is 1.71 bits per heavy atom. The van der Waals surface area contributed by atoms with Crippen LogP contribution >= 0.6 is 0 Å². The second kappa shape index (κ2) is 7.35. The Bertz CT molecular complexity index is 383. The van der Waals surface area contributed by atoms with Gasteiger partial charge < -0.3 is 9.15 Å². The summed E-state index contributed by atoms with van der Waals surface area (Å²) in [6, 6.07) is 3.13. The number of furan rings is 1. The minimum Gasteiger partial charge on any atom is -0.469 e. The van der Waals surface area contributed by atoms with E-state index in [4.69, 9.17) is 14.7 Å². The van der Waals surface area contributed by atoms with Crippen molar-refractivity contribution >= 4 is 5.97 Å². The average molecular weight is 237 g/mol. The van der Waals surface area contributed by atoms with Gasteiger partial charge in [0.05, 0.1) is 18.9 Å². The lowest BCUT2D eigenvalue weighted by molar-refractivity contribution is -0.143. The van der Waals surface area contributed by atoms with Gasteiger partial charge in [-0.2, -0.15) is 0 Å². The van der Waals surface area contributed by atoms with Gasteiger partial charge in [-0.3, -0.25) is 4.79 Å². The van der Waals surface area contributed by atoms with Crippen molar-refractivity contribution in [2.45, 2.75) is 32.2 Å². The van der Waals surface area contributed by atoms with Crippen molar-refractivity contribution in [2.24, 2.45) is 5.11 Å². The Hall–Kier alpha value is -1.94. The largest absolute Gasteiger partial charge is 0.469 e. The quantitative estimate of drug-likeness (QED) is 0.315. The van der Waals surface area contributed by atoms with E-state index in [0.29, 0.717) is 31.6 Å². The van der Waals surface area contributed by atoms with E-state index in [9.17, 15) is 4.79 Å². The van der Waals surface area contributed by atoms with Crippen LogP contribution in [0.15, 0.2) is 27.9 Å².